The first-order chi connectivity index (χ1) is 19.1. The van der Waals surface area contributed by atoms with Crippen LogP contribution in [0.4, 0.5) is 5.69 Å². The number of nitrogens with one attached hydrogen (secondary N) is 1. The first-order valence-electron chi connectivity index (χ1n) is 14.0. The smallest absolute Gasteiger partial charge is 0.250 e. The monoisotopic (exact) mass is 525 g/mol. The maximum atomic E-state index is 13.6. The number of fused-ring (bicyclic) bond motifs is 1. The Kier molecular flexibility index (Phi) is 9.04. The number of benzene rings is 3. The van der Waals surface area contributed by atoms with Gasteiger partial charge in [0, 0.05) is 38.9 Å². The third-order valence-corrected chi connectivity index (χ3v) is 7.82. The van der Waals surface area contributed by atoms with Gasteiger partial charge in [-0.3, -0.25) is 19.9 Å². The Morgan fingerprint density at radius 1 is 0.795 bits per heavy atom. The molecule has 1 N–H and O–H groups in total. The summed E-state index contributed by atoms with van der Waals surface area (Å²) in [6.07, 6.45) is 3.20. The summed E-state index contributed by atoms with van der Waals surface area (Å²) in [7, 11) is 1.81. The van der Waals surface area contributed by atoms with Crippen molar-refractivity contribution in [2.75, 3.05) is 51.2 Å². The molecular weight excluding hydrogens is 486 g/mol. The summed E-state index contributed by atoms with van der Waals surface area (Å²) < 4.78 is 0. The third-order valence-electron chi connectivity index (χ3n) is 7.82. The van der Waals surface area contributed by atoms with Gasteiger partial charge in [0.05, 0.1) is 13.1 Å². The fourth-order valence-electron chi connectivity index (χ4n) is 5.54. The Labute approximate surface area is 232 Å². The average molecular weight is 526 g/mol. The standard InChI is InChI=1S/C32H39N5O2/c1-34(36-24-28-14-5-6-15-29(28)25-36)31(38)22-33-23-32(39)37(20-19-35-17-9-10-18-35)30-16-8-7-13-27(30)21-26-11-3-2-4-12-26/h2-8,11-16,33H,9-10,17-25H2,1H3. The van der Waals surface area contributed by atoms with Crippen molar-refractivity contribution in [3.05, 3.63) is 101 Å². The van der Waals surface area contributed by atoms with Gasteiger partial charge < -0.3 is 9.80 Å². The molecule has 0 radical (unpaired) electrons. The molecule has 204 valence electrons. The SMILES string of the molecule is CN(C(=O)CNCC(=O)N(CCN1CCCC1)c1ccccc1Cc1ccccc1)N1Cc2ccccc2C1. The molecule has 2 amide bonds. The minimum absolute atomic E-state index is 0.0151. The number of amides is 2. The van der Waals surface area contributed by atoms with Crippen molar-refractivity contribution >= 4 is 17.5 Å². The molecule has 39 heavy (non-hydrogen) atoms. The molecule has 5 rings (SSSR count). The average Bonchev–Trinajstić information content (AvgIpc) is 3.64. The van der Waals surface area contributed by atoms with Crippen molar-refractivity contribution in [2.24, 2.45) is 0 Å². The summed E-state index contributed by atoms with van der Waals surface area (Å²) in [5, 5.41) is 6.85. The Balaban J connectivity index is 1.22. The van der Waals surface area contributed by atoms with Gasteiger partial charge in [0.2, 0.25) is 5.91 Å². The van der Waals surface area contributed by atoms with Crippen molar-refractivity contribution < 1.29 is 9.59 Å². The molecule has 7 heteroatoms. The van der Waals surface area contributed by atoms with Crippen LogP contribution in [0.1, 0.15) is 35.1 Å². The summed E-state index contributed by atoms with van der Waals surface area (Å²) >= 11 is 0. The lowest BCUT2D eigenvalue weighted by molar-refractivity contribution is -0.145. The number of likely N-dealkylation sites (N-methyl/N-ethyl adjacent to an activating group) is 1. The predicted octanol–water partition coefficient (Wildman–Crippen LogP) is 3.69. The van der Waals surface area contributed by atoms with E-state index in [0.717, 1.165) is 50.4 Å². The number of likely N-dealkylation sites (tertiary alicyclic amines) is 1. The molecule has 1 fully saturated rings. The third kappa shape index (κ3) is 6.92. The molecule has 0 aromatic heterocycles. The molecule has 2 aliphatic heterocycles. The minimum atomic E-state index is -0.0521. The van der Waals surface area contributed by atoms with Crippen LogP contribution in [0.3, 0.4) is 0 Å². The predicted molar refractivity (Wildman–Crippen MR) is 155 cm³/mol. The minimum Gasteiger partial charge on any atom is -0.310 e. The molecule has 0 spiro atoms. The molecular formula is C32H39N5O2. The molecule has 0 unspecified atom stereocenters. The maximum Gasteiger partial charge on any atom is 0.250 e. The highest BCUT2D eigenvalue weighted by Crippen LogP contribution is 2.25. The van der Waals surface area contributed by atoms with Gasteiger partial charge in [0.1, 0.15) is 0 Å². The van der Waals surface area contributed by atoms with Gasteiger partial charge in [-0.05, 0) is 60.7 Å². The van der Waals surface area contributed by atoms with Crippen molar-refractivity contribution in [1.29, 1.82) is 0 Å². The van der Waals surface area contributed by atoms with Crippen LogP contribution in [0.5, 0.6) is 0 Å². The highest BCUT2D eigenvalue weighted by Gasteiger charge is 2.25. The molecule has 2 heterocycles. The Hall–Kier alpha value is -3.52. The Morgan fingerprint density at radius 2 is 1.41 bits per heavy atom. The van der Waals surface area contributed by atoms with Gasteiger partial charge in [-0.2, -0.15) is 0 Å². The van der Waals surface area contributed by atoms with E-state index in [1.54, 1.807) is 12.1 Å². The van der Waals surface area contributed by atoms with E-state index in [-0.39, 0.29) is 24.9 Å². The largest absolute Gasteiger partial charge is 0.310 e. The van der Waals surface area contributed by atoms with Crippen LogP contribution in [0.15, 0.2) is 78.9 Å². The van der Waals surface area contributed by atoms with Crippen LogP contribution in [-0.4, -0.2) is 73.0 Å². The quantitative estimate of drug-likeness (QED) is 0.414. The normalized spacial score (nSPS) is 15.3. The zero-order chi connectivity index (χ0) is 27.0. The van der Waals surface area contributed by atoms with Gasteiger partial charge in [-0.25, -0.2) is 5.01 Å². The summed E-state index contributed by atoms with van der Waals surface area (Å²) in [4.78, 5) is 30.9. The highest BCUT2D eigenvalue weighted by atomic mass is 16.2. The molecule has 7 nitrogen and oxygen atoms in total. The van der Waals surface area contributed by atoms with E-state index in [4.69, 9.17) is 0 Å². The second-order valence-electron chi connectivity index (χ2n) is 10.5. The summed E-state index contributed by atoms with van der Waals surface area (Å²) in [6, 6.07) is 26.8. The lowest BCUT2D eigenvalue weighted by atomic mass is 10.0. The fourth-order valence-corrected chi connectivity index (χ4v) is 5.54. The number of carbonyl (C=O) groups excluding carboxylic acids is 2. The molecule has 3 aromatic rings. The van der Waals surface area contributed by atoms with Crippen LogP contribution in [0.25, 0.3) is 0 Å². The number of carbonyl (C=O) groups is 2. The van der Waals surface area contributed by atoms with Crippen LogP contribution >= 0.6 is 0 Å². The number of hydrazine groups is 1. The van der Waals surface area contributed by atoms with E-state index in [9.17, 15) is 9.59 Å². The number of anilines is 1. The first kappa shape index (κ1) is 27.1. The van der Waals surface area contributed by atoms with E-state index < -0.39 is 0 Å². The van der Waals surface area contributed by atoms with E-state index in [2.05, 4.69) is 40.5 Å². The molecule has 0 saturated carbocycles. The van der Waals surface area contributed by atoms with E-state index in [0.29, 0.717) is 6.54 Å². The number of rotatable bonds is 11. The second-order valence-corrected chi connectivity index (χ2v) is 10.5. The Morgan fingerprint density at radius 3 is 2.13 bits per heavy atom. The van der Waals surface area contributed by atoms with Crippen LogP contribution < -0.4 is 10.2 Å². The number of hydrogen-bond acceptors (Lipinski definition) is 5. The van der Waals surface area contributed by atoms with E-state index in [1.165, 1.54) is 29.5 Å². The Bertz CT molecular complexity index is 1230. The zero-order valence-corrected chi connectivity index (χ0v) is 22.9. The van der Waals surface area contributed by atoms with Crippen molar-refractivity contribution in [3.8, 4) is 0 Å². The van der Waals surface area contributed by atoms with Gasteiger partial charge in [0.25, 0.3) is 5.91 Å². The number of nitrogens with zero attached hydrogens (tertiary/aromatic N) is 4. The summed E-state index contributed by atoms with van der Waals surface area (Å²) in [5.41, 5.74) is 5.80. The maximum absolute atomic E-state index is 13.6. The number of hydrogen-bond donors (Lipinski definition) is 1. The van der Waals surface area contributed by atoms with E-state index in [1.807, 2.05) is 58.4 Å². The van der Waals surface area contributed by atoms with Crippen molar-refractivity contribution in [2.45, 2.75) is 32.4 Å². The second kappa shape index (κ2) is 13.0. The summed E-state index contributed by atoms with van der Waals surface area (Å²) in [6.45, 7) is 5.33. The van der Waals surface area contributed by atoms with E-state index >= 15 is 0 Å². The molecule has 2 aliphatic rings. The van der Waals surface area contributed by atoms with Crippen LogP contribution in [-0.2, 0) is 29.1 Å². The first-order valence-corrected chi connectivity index (χ1v) is 14.0. The summed E-state index contributed by atoms with van der Waals surface area (Å²) in [5.74, 6) is -0.0672. The molecule has 0 bridgehead atoms. The molecule has 1 saturated heterocycles. The van der Waals surface area contributed by atoms with Crippen LogP contribution in [0, 0.1) is 0 Å². The van der Waals surface area contributed by atoms with Crippen molar-refractivity contribution in [1.82, 2.24) is 20.2 Å². The zero-order valence-electron chi connectivity index (χ0n) is 22.9. The number of para-hydroxylation sites is 1. The van der Waals surface area contributed by atoms with Gasteiger partial charge >= 0.3 is 0 Å². The molecule has 0 aliphatic carbocycles. The van der Waals surface area contributed by atoms with Gasteiger partial charge in [-0.15, -0.1) is 0 Å². The lowest BCUT2D eigenvalue weighted by Crippen LogP contribution is -2.47. The van der Waals surface area contributed by atoms with Gasteiger partial charge in [-0.1, -0.05) is 72.8 Å². The lowest BCUT2D eigenvalue weighted by Gasteiger charge is -2.29. The molecule has 0 atom stereocenters. The topological polar surface area (TPSA) is 59.1 Å². The van der Waals surface area contributed by atoms with Crippen molar-refractivity contribution in [3.63, 3.8) is 0 Å². The van der Waals surface area contributed by atoms with Crippen LogP contribution in [0.2, 0.25) is 0 Å². The van der Waals surface area contributed by atoms with Gasteiger partial charge in [0.15, 0.2) is 0 Å². The highest BCUT2D eigenvalue weighted by molar-refractivity contribution is 5.96. The fraction of sp³-hybridized carbons (Fsp3) is 0.375. The molecule has 3 aromatic carbocycles.